The maximum atomic E-state index is 14.2. The van der Waals surface area contributed by atoms with Crippen LogP contribution in [0.1, 0.15) is 18.7 Å². The van der Waals surface area contributed by atoms with Gasteiger partial charge in [0.25, 0.3) is 0 Å². The van der Waals surface area contributed by atoms with Crippen molar-refractivity contribution in [3.8, 4) is 11.5 Å². The average molecular weight is 471 g/mol. The maximum absolute atomic E-state index is 14.2. The molecule has 0 spiro atoms. The second-order valence-corrected chi connectivity index (χ2v) is 8.64. The molecule has 0 radical (unpaired) electrons. The molecule has 1 amide bonds. The number of thiophene rings is 1. The first-order chi connectivity index (χ1) is 15.8. The van der Waals surface area contributed by atoms with Crippen LogP contribution in [0.15, 0.2) is 48.1 Å². The Kier molecular flexibility index (Phi) is 8.13. The van der Waals surface area contributed by atoms with Crippen LogP contribution >= 0.6 is 11.3 Å². The number of nitrogens with zero attached hydrogens (tertiary/aromatic N) is 3. The lowest BCUT2D eigenvalue weighted by Crippen LogP contribution is -2.35. The number of amides is 1. The SMILES string of the molecule is C=C(N=CC(C)CN(CCOC)C(C)=O)c1cc2nccc(Oc3ccc(N)cc3F)c2s1. The summed E-state index contributed by atoms with van der Waals surface area (Å²) in [6.45, 7) is 9.14. The Morgan fingerprint density at radius 2 is 2.15 bits per heavy atom. The van der Waals surface area contributed by atoms with E-state index in [0.717, 1.165) is 9.58 Å². The predicted molar refractivity (Wildman–Crippen MR) is 131 cm³/mol. The third kappa shape index (κ3) is 6.36. The molecule has 0 saturated heterocycles. The number of nitrogen functional groups attached to an aromatic ring is 1. The van der Waals surface area contributed by atoms with Crippen molar-refractivity contribution >= 4 is 45.1 Å². The van der Waals surface area contributed by atoms with E-state index in [1.807, 2.05) is 13.0 Å². The van der Waals surface area contributed by atoms with Crippen molar-refractivity contribution in [1.29, 1.82) is 0 Å². The number of methoxy groups -OCH3 is 1. The van der Waals surface area contributed by atoms with Crippen LogP contribution in [0.4, 0.5) is 10.1 Å². The molecule has 174 valence electrons. The van der Waals surface area contributed by atoms with E-state index in [0.29, 0.717) is 42.3 Å². The minimum atomic E-state index is -0.537. The maximum Gasteiger partial charge on any atom is 0.219 e. The Labute approximate surface area is 196 Å². The van der Waals surface area contributed by atoms with E-state index in [1.165, 1.54) is 23.5 Å². The molecule has 0 aliphatic carbocycles. The highest BCUT2D eigenvalue weighted by Gasteiger charge is 2.14. The average Bonchev–Trinajstić information content (AvgIpc) is 3.22. The lowest BCUT2D eigenvalue weighted by molar-refractivity contribution is -0.129. The van der Waals surface area contributed by atoms with Crippen molar-refractivity contribution in [2.45, 2.75) is 13.8 Å². The van der Waals surface area contributed by atoms with Crippen LogP contribution < -0.4 is 10.5 Å². The molecule has 0 bridgehead atoms. The highest BCUT2D eigenvalue weighted by Crippen LogP contribution is 2.38. The molecular weight excluding hydrogens is 443 g/mol. The van der Waals surface area contributed by atoms with Crippen LogP contribution in [0.5, 0.6) is 11.5 Å². The van der Waals surface area contributed by atoms with E-state index >= 15 is 0 Å². The summed E-state index contributed by atoms with van der Waals surface area (Å²) in [5.74, 6) is 0.0557. The number of anilines is 1. The van der Waals surface area contributed by atoms with E-state index in [1.54, 1.807) is 43.5 Å². The van der Waals surface area contributed by atoms with Gasteiger partial charge in [-0.25, -0.2) is 4.39 Å². The lowest BCUT2D eigenvalue weighted by atomic mass is 10.2. The Morgan fingerprint density at radius 1 is 1.36 bits per heavy atom. The standard InChI is InChI=1S/C24H27FN4O3S/c1-15(14-29(17(3)30)9-10-31-4)13-28-16(2)23-12-20-24(33-23)22(7-8-27-20)32-21-6-5-18(26)11-19(21)25/h5-8,11-13,15H,2,9-10,14,26H2,1,3-4H3. The first-order valence-electron chi connectivity index (χ1n) is 10.4. The molecule has 2 aromatic heterocycles. The largest absolute Gasteiger partial charge is 0.453 e. The summed E-state index contributed by atoms with van der Waals surface area (Å²) in [5.41, 5.74) is 7.21. The zero-order valence-corrected chi connectivity index (χ0v) is 19.7. The second-order valence-electron chi connectivity index (χ2n) is 7.59. The summed E-state index contributed by atoms with van der Waals surface area (Å²) in [5, 5.41) is 0. The smallest absolute Gasteiger partial charge is 0.219 e. The number of aromatic nitrogens is 1. The Hall–Kier alpha value is -3.30. The predicted octanol–water partition coefficient (Wildman–Crippen LogP) is 4.98. The summed E-state index contributed by atoms with van der Waals surface area (Å²) in [6.07, 6.45) is 3.39. The number of carbonyl (C=O) groups excluding carboxylic acids is 1. The van der Waals surface area contributed by atoms with Gasteiger partial charge in [0.05, 0.1) is 27.4 Å². The van der Waals surface area contributed by atoms with Gasteiger partial charge in [-0.1, -0.05) is 13.5 Å². The van der Waals surface area contributed by atoms with Gasteiger partial charge >= 0.3 is 0 Å². The van der Waals surface area contributed by atoms with E-state index in [2.05, 4.69) is 16.6 Å². The first-order valence-corrected chi connectivity index (χ1v) is 11.2. The monoisotopic (exact) mass is 470 g/mol. The zero-order valence-electron chi connectivity index (χ0n) is 18.9. The number of fused-ring (bicyclic) bond motifs is 1. The molecule has 1 unspecified atom stereocenters. The van der Waals surface area contributed by atoms with Gasteiger partial charge in [0.2, 0.25) is 5.91 Å². The summed E-state index contributed by atoms with van der Waals surface area (Å²) in [6, 6.07) is 7.84. The molecule has 33 heavy (non-hydrogen) atoms. The number of rotatable bonds is 10. The molecule has 3 rings (SSSR count). The molecule has 0 aliphatic rings. The molecule has 1 aromatic carbocycles. The zero-order chi connectivity index (χ0) is 24.0. The Morgan fingerprint density at radius 3 is 2.85 bits per heavy atom. The molecule has 0 fully saturated rings. The van der Waals surface area contributed by atoms with Crippen LogP contribution in [0.2, 0.25) is 0 Å². The van der Waals surface area contributed by atoms with Crippen LogP contribution in [0.25, 0.3) is 15.9 Å². The highest BCUT2D eigenvalue weighted by molar-refractivity contribution is 7.20. The van der Waals surface area contributed by atoms with Gasteiger partial charge in [0.1, 0.15) is 5.75 Å². The quantitative estimate of drug-likeness (QED) is 0.333. The van der Waals surface area contributed by atoms with Crippen molar-refractivity contribution in [3.05, 3.63) is 53.8 Å². The lowest BCUT2D eigenvalue weighted by Gasteiger charge is -2.22. The van der Waals surface area contributed by atoms with Gasteiger partial charge in [0.15, 0.2) is 11.6 Å². The molecule has 3 aromatic rings. The van der Waals surface area contributed by atoms with Crippen molar-refractivity contribution < 1.29 is 18.7 Å². The molecular formula is C24H27FN4O3S. The van der Waals surface area contributed by atoms with Crippen molar-refractivity contribution in [2.24, 2.45) is 10.9 Å². The fourth-order valence-electron chi connectivity index (χ4n) is 3.11. The number of pyridine rings is 1. The van der Waals surface area contributed by atoms with Gasteiger partial charge < -0.3 is 20.1 Å². The van der Waals surface area contributed by atoms with Crippen molar-refractivity contribution in [3.63, 3.8) is 0 Å². The molecule has 0 saturated carbocycles. The Bertz CT molecular complexity index is 1180. The van der Waals surface area contributed by atoms with Gasteiger partial charge in [-0.05, 0) is 18.2 Å². The Balaban J connectivity index is 1.74. The third-order valence-electron chi connectivity index (χ3n) is 4.84. The molecule has 0 aliphatic heterocycles. The van der Waals surface area contributed by atoms with Crippen LogP contribution in [0.3, 0.4) is 0 Å². The number of carbonyl (C=O) groups is 1. The molecule has 2 N–H and O–H groups in total. The van der Waals surface area contributed by atoms with Gasteiger partial charge in [-0.2, -0.15) is 0 Å². The fourth-order valence-corrected chi connectivity index (χ4v) is 4.10. The number of hydrogen-bond donors (Lipinski definition) is 1. The summed E-state index contributed by atoms with van der Waals surface area (Å²) in [4.78, 5) is 23.2. The fraction of sp³-hybridized carbons (Fsp3) is 0.292. The highest BCUT2D eigenvalue weighted by atomic mass is 32.1. The second kappa shape index (κ2) is 11.0. The number of benzene rings is 1. The number of ether oxygens (including phenoxy) is 2. The van der Waals surface area contributed by atoms with Crippen LogP contribution in [-0.2, 0) is 9.53 Å². The summed E-state index contributed by atoms with van der Waals surface area (Å²) in [7, 11) is 1.61. The first kappa shape index (κ1) is 24.3. The number of aliphatic imine (C=N–C) groups is 1. The number of hydrogen-bond acceptors (Lipinski definition) is 7. The molecule has 9 heteroatoms. The van der Waals surface area contributed by atoms with Gasteiger partial charge in [-0.3, -0.25) is 14.8 Å². The molecule has 1 atom stereocenters. The van der Waals surface area contributed by atoms with Crippen molar-refractivity contribution in [2.75, 3.05) is 32.5 Å². The van der Waals surface area contributed by atoms with E-state index < -0.39 is 5.82 Å². The van der Waals surface area contributed by atoms with Gasteiger partial charge in [-0.15, -0.1) is 11.3 Å². The van der Waals surface area contributed by atoms with E-state index in [-0.39, 0.29) is 17.6 Å². The molecule has 7 nitrogen and oxygen atoms in total. The minimum absolute atomic E-state index is 0.00761. The summed E-state index contributed by atoms with van der Waals surface area (Å²) >= 11 is 1.41. The molecule has 2 heterocycles. The normalized spacial score (nSPS) is 12.2. The summed E-state index contributed by atoms with van der Waals surface area (Å²) < 4.78 is 25.8. The van der Waals surface area contributed by atoms with Gasteiger partial charge in [0, 0.05) is 63.3 Å². The van der Waals surface area contributed by atoms with E-state index in [4.69, 9.17) is 15.2 Å². The van der Waals surface area contributed by atoms with Crippen molar-refractivity contribution in [1.82, 2.24) is 9.88 Å². The van der Waals surface area contributed by atoms with E-state index in [9.17, 15) is 9.18 Å². The number of halogens is 1. The topological polar surface area (TPSA) is 90.0 Å². The third-order valence-corrected chi connectivity index (χ3v) is 6.03. The minimum Gasteiger partial charge on any atom is -0.453 e. The van der Waals surface area contributed by atoms with Crippen LogP contribution in [0, 0.1) is 11.7 Å². The number of nitrogens with two attached hydrogens (primary N) is 1. The van der Waals surface area contributed by atoms with Crippen LogP contribution in [-0.4, -0.2) is 48.8 Å².